The van der Waals surface area contributed by atoms with Crippen molar-refractivity contribution in [3.63, 3.8) is 0 Å². The highest BCUT2D eigenvalue weighted by atomic mass is 16.5. The van der Waals surface area contributed by atoms with E-state index in [1.165, 1.54) is 263 Å². The topological polar surface area (TPSA) is 95.9 Å². The van der Waals surface area contributed by atoms with Gasteiger partial charge in [-0.3, -0.25) is 9.59 Å². The Bertz CT molecular complexity index is 1050. The van der Waals surface area contributed by atoms with E-state index >= 15 is 0 Å². The average molecular weight is 975 g/mol. The van der Waals surface area contributed by atoms with Crippen LogP contribution in [0.3, 0.4) is 0 Å². The van der Waals surface area contributed by atoms with Gasteiger partial charge in [-0.15, -0.1) is 0 Å². The van der Waals surface area contributed by atoms with Crippen LogP contribution in [0.5, 0.6) is 0 Å². The zero-order chi connectivity index (χ0) is 50.2. The van der Waals surface area contributed by atoms with E-state index in [-0.39, 0.29) is 24.9 Å². The van der Waals surface area contributed by atoms with Crippen LogP contribution >= 0.6 is 0 Å². The third kappa shape index (κ3) is 52.7. The smallest absolute Gasteiger partial charge is 0.306 e. The summed E-state index contributed by atoms with van der Waals surface area (Å²) >= 11 is 0. The van der Waals surface area contributed by atoms with Crippen molar-refractivity contribution in [2.75, 3.05) is 6.61 Å². The summed E-state index contributed by atoms with van der Waals surface area (Å²) < 4.78 is 5.99. The fraction of sp³-hybridized carbons (Fsp3) is 0.937. The van der Waals surface area contributed by atoms with Crippen LogP contribution in [0.1, 0.15) is 355 Å². The molecule has 410 valence electrons. The number of ether oxygens (including phenoxy) is 1. The molecule has 0 saturated heterocycles. The Labute approximate surface area is 431 Å². The second kappa shape index (κ2) is 57.5. The predicted octanol–water partition coefficient (Wildman–Crippen LogP) is 19.6. The molecule has 0 aliphatic heterocycles. The van der Waals surface area contributed by atoms with Crippen molar-refractivity contribution >= 4 is 11.9 Å². The van der Waals surface area contributed by atoms with Gasteiger partial charge in [0.1, 0.15) is 6.10 Å². The first kappa shape index (κ1) is 67.6. The molecule has 0 aliphatic rings. The van der Waals surface area contributed by atoms with E-state index in [0.717, 1.165) is 44.9 Å². The maximum atomic E-state index is 13.3. The first-order valence-electron chi connectivity index (χ1n) is 31.4. The van der Waals surface area contributed by atoms with Crippen LogP contribution in [0.15, 0.2) is 12.2 Å². The Kier molecular flexibility index (Phi) is 56.3. The molecule has 0 radical (unpaired) electrons. The molecule has 0 aliphatic carbocycles. The van der Waals surface area contributed by atoms with Gasteiger partial charge in [0.2, 0.25) is 5.91 Å². The minimum atomic E-state index is -0.784. The summed E-state index contributed by atoms with van der Waals surface area (Å²) in [6.07, 6.45) is 67.1. The maximum absolute atomic E-state index is 13.3. The van der Waals surface area contributed by atoms with Gasteiger partial charge in [0.15, 0.2) is 0 Å². The average Bonchev–Trinajstić information content (AvgIpc) is 3.34. The molecule has 0 aromatic rings. The summed E-state index contributed by atoms with van der Waals surface area (Å²) in [5.74, 6) is -0.451. The summed E-state index contributed by atoms with van der Waals surface area (Å²) in [4.78, 5) is 26.4. The fourth-order valence-electron chi connectivity index (χ4n) is 10.1. The molecule has 69 heavy (non-hydrogen) atoms. The van der Waals surface area contributed by atoms with Crippen LogP contribution in [0.25, 0.3) is 0 Å². The summed E-state index contributed by atoms with van der Waals surface area (Å²) in [5, 5.41) is 24.0. The highest BCUT2D eigenvalue weighted by Gasteiger charge is 2.24. The van der Waals surface area contributed by atoms with Gasteiger partial charge in [-0.1, -0.05) is 303 Å². The first-order chi connectivity index (χ1) is 34.0. The number of unbranched alkanes of at least 4 members (excludes halogenated alkanes) is 44. The summed E-state index contributed by atoms with van der Waals surface area (Å²) in [5.41, 5.74) is 0. The highest BCUT2D eigenvalue weighted by molar-refractivity contribution is 5.77. The highest BCUT2D eigenvalue weighted by Crippen LogP contribution is 2.20. The van der Waals surface area contributed by atoms with Crippen molar-refractivity contribution in [2.24, 2.45) is 0 Å². The molecule has 0 spiro atoms. The number of esters is 1. The number of nitrogens with one attached hydrogen (secondary N) is 1. The van der Waals surface area contributed by atoms with E-state index in [1.54, 1.807) is 0 Å². The lowest BCUT2D eigenvalue weighted by Crippen LogP contribution is -2.46. The van der Waals surface area contributed by atoms with Crippen molar-refractivity contribution in [1.82, 2.24) is 5.32 Å². The third-order valence-corrected chi connectivity index (χ3v) is 14.8. The van der Waals surface area contributed by atoms with Gasteiger partial charge in [0.05, 0.1) is 25.2 Å². The molecule has 0 bridgehead atoms. The molecule has 3 unspecified atom stereocenters. The SMILES string of the molecule is CCCCCCCC/C=C/CCCCCCCCCC(=O)OC(CCCCCCCCCCCCCCCCCC)CC(=O)NC(CO)C(O)CCCCCCCCCCCCCCCCCCC. The normalized spacial score (nSPS) is 13.1. The minimum absolute atomic E-state index is 0.0844. The van der Waals surface area contributed by atoms with Gasteiger partial charge >= 0.3 is 5.97 Å². The van der Waals surface area contributed by atoms with Crippen molar-refractivity contribution in [1.29, 1.82) is 0 Å². The number of carbonyl (C=O) groups is 2. The van der Waals surface area contributed by atoms with Gasteiger partial charge in [-0.05, 0) is 51.4 Å². The molecule has 0 saturated carbocycles. The molecule has 3 N–H and O–H groups in total. The molecule has 0 aromatic heterocycles. The number of hydrogen-bond acceptors (Lipinski definition) is 5. The molecule has 1 amide bonds. The first-order valence-corrected chi connectivity index (χ1v) is 31.4. The Morgan fingerprint density at radius 3 is 1.03 bits per heavy atom. The summed E-state index contributed by atoms with van der Waals surface area (Å²) in [6, 6.07) is -0.697. The van der Waals surface area contributed by atoms with Crippen LogP contribution in [-0.4, -0.2) is 46.9 Å². The Balaban J connectivity index is 4.48. The van der Waals surface area contributed by atoms with Crippen LogP contribution in [0, 0.1) is 0 Å². The molecular formula is C63H123NO5. The van der Waals surface area contributed by atoms with Crippen LogP contribution < -0.4 is 5.32 Å². The van der Waals surface area contributed by atoms with Gasteiger partial charge in [-0.2, -0.15) is 0 Å². The van der Waals surface area contributed by atoms with Crippen molar-refractivity contribution in [3.05, 3.63) is 12.2 Å². The van der Waals surface area contributed by atoms with E-state index in [0.29, 0.717) is 19.3 Å². The van der Waals surface area contributed by atoms with E-state index < -0.39 is 18.2 Å². The molecule has 0 fully saturated rings. The largest absolute Gasteiger partial charge is 0.462 e. The molecule has 0 rings (SSSR count). The van der Waals surface area contributed by atoms with E-state index in [1.807, 2.05) is 0 Å². The van der Waals surface area contributed by atoms with Crippen molar-refractivity contribution < 1.29 is 24.5 Å². The number of hydrogen-bond donors (Lipinski definition) is 3. The monoisotopic (exact) mass is 974 g/mol. The Hall–Kier alpha value is -1.40. The molecule has 0 heterocycles. The predicted molar refractivity (Wildman–Crippen MR) is 301 cm³/mol. The van der Waals surface area contributed by atoms with Crippen molar-refractivity contribution in [2.45, 2.75) is 373 Å². The lowest BCUT2D eigenvalue weighted by atomic mass is 10.0. The minimum Gasteiger partial charge on any atom is -0.462 e. The van der Waals surface area contributed by atoms with E-state index in [9.17, 15) is 19.8 Å². The zero-order valence-electron chi connectivity index (χ0n) is 47.0. The number of carbonyl (C=O) groups excluding carboxylic acids is 2. The fourth-order valence-corrected chi connectivity index (χ4v) is 10.1. The van der Waals surface area contributed by atoms with Crippen LogP contribution in [0.2, 0.25) is 0 Å². The Morgan fingerprint density at radius 2 is 0.696 bits per heavy atom. The van der Waals surface area contributed by atoms with E-state index in [2.05, 4.69) is 38.2 Å². The second-order valence-corrected chi connectivity index (χ2v) is 21.8. The Morgan fingerprint density at radius 1 is 0.406 bits per heavy atom. The third-order valence-electron chi connectivity index (χ3n) is 14.8. The summed E-state index contributed by atoms with van der Waals surface area (Å²) in [6.45, 7) is 6.54. The lowest BCUT2D eigenvalue weighted by molar-refractivity contribution is -0.151. The number of aliphatic hydroxyl groups is 2. The standard InChI is InChI=1S/C63H123NO5/c1-4-7-10-13-16-19-22-25-28-31-34-37-40-43-46-49-52-55-61(66)60(58-65)64-62(67)57-59(54-51-48-45-42-39-36-33-30-27-24-21-18-15-12-9-6-3)69-63(68)56-53-50-47-44-41-38-35-32-29-26-23-20-17-14-11-8-5-2/h26,29,59-61,65-66H,4-25,27-28,30-58H2,1-3H3,(H,64,67)/b29-26+. The van der Waals surface area contributed by atoms with Crippen LogP contribution in [0.4, 0.5) is 0 Å². The number of aliphatic hydroxyl groups excluding tert-OH is 2. The van der Waals surface area contributed by atoms with Gasteiger partial charge in [0, 0.05) is 6.42 Å². The molecule has 6 nitrogen and oxygen atoms in total. The maximum Gasteiger partial charge on any atom is 0.306 e. The van der Waals surface area contributed by atoms with E-state index in [4.69, 9.17) is 4.74 Å². The number of allylic oxidation sites excluding steroid dienone is 2. The number of rotatable bonds is 58. The van der Waals surface area contributed by atoms with Crippen molar-refractivity contribution in [3.8, 4) is 0 Å². The lowest BCUT2D eigenvalue weighted by Gasteiger charge is -2.24. The van der Waals surface area contributed by atoms with Gasteiger partial charge in [-0.25, -0.2) is 0 Å². The molecule has 3 atom stereocenters. The second-order valence-electron chi connectivity index (χ2n) is 21.8. The zero-order valence-corrected chi connectivity index (χ0v) is 47.0. The van der Waals surface area contributed by atoms with Gasteiger partial charge < -0.3 is 20.3 Å². The quantitative estimate of drug-likeness (QED) is 0.0321. The summed E-state index contributed by atoms with van der Waals surface area (Å²) in [7, 11) is 0. The molecule has 0 aromatic carbocycles. The van der Waals surface area contributed by atoms with Crippen LogP contribution in [-0.2, 0) is 14.3 Å². The number of amides is 1. The molecular weight excluding hydrogens is 851 g/mol. The van der Waals surface area contributed by atoms with Gasteiger partial charge in [0.25, 0.3) is 0 Å². The molecule has 6 heteroatoms.